The van der Waals surface area contributed by atoms with E-state index in [0.29, 0.717) is 5.75 Å². The first kappa shape index (κ1) is 12.0. The smallest absolute Gasteiger partial charge is 0.181 e. The topological polar surface area (TPSA) is 53.2 Å². The van der Waals surface area contributed by atoms with E-state index in [1.807, 2.05) is 42.5 Å². The third-order valence-electron chi connectivity index (χ3n) is 2.55. The summed E-state index contributed by atoms with van der Waals surface area (Å²) in [5, 5.41) is 18.1. The molecule has 0 spiro atoms. The zero-order chi connectivity index (χ0) is 13.0. The highest BCUT2D eigenvalue weighted by atomic mass is 16.5. The number of ether oxygens (including phenoxy) is 1. The third kappa shape index (κ3) is 2.61. The molecule has 0 heterocycles. The van der Waals surface area contributed by atoms with Crippen LogP contribution in [-0.2, 0) is 0 Å². The van der Waals surface area contributed by atoms with Gasteiger partial charge in [0.05, 0.1) is 0 Å². The predicted octanol–water partition coefficient (Wildman–Crippen LogP) is 3.35. The van der Waals surface area contributed by atoms with Crippen LogP contribution in [0.5, 0.6) is 11.5 Å². The fourth-order valence-electron chi connectivity index (χ4n) is 1.67. The summed E-state index contributed by atoms with van der Waals surface area (Å²) < 4.78 is 5.56. The minimum atomic E-state index is -0.497. The molecular weight excluding hydrogens is 226 g/mol. The minimum absolute atomic E-state index is 0.225. The van der Waals surface area contributed by atoms with Gasteiger partial charge in [-0.15, -0.1) is 0 Å². The number of phenolic OH excluding ortho intramolecular Hbond substituents is 1. The Morgan fingerprint density at radius 2 is 1.78 bits per heavy atom. The van der Waals surface area contributed by atoms with Crippen molar-refractivity contribution in [1.82, 2.24) is 0 Å². The number of nitrogens with zero attached hydrogens (tertiary/aromatic N) is 1. The Balaban J connectivity index is 2.39. The number of hydrogen-bond acceptors (Lipinski definition) is 3. The first-order chi connectivity index (χ1) is 8.70. The quantitative estimate of drug-likeness (QED) is 0.893. The zero-order valence-electron chi connectivity index (χ0n) is 10.00. The van der Waals surface area contributed by atoms with Crippen LogP contribution in [-0.4, -0.2) is 11.2 Å². The number of hydrogen-bond donors (Lipinski definition) is 1. The van der Waals surface area contributed by atoms with Crippen LogP contribution >= 0.6 is 0 Å². The molecule has 0 unspecified atom stereocenters. The van der Waals surface area contributed by atoms with Gasteiger partial charge in [0.2, 0.25) is 0 Å². The molecule has 90 valence electrons. The van der Waals surface area contributed by atoms with E-state index in [-0.39, 0.29) is 5.75 Å². The van der Waals surface area contributed by atoms with Crippen LogP contribution in [0.4, 0.5) is 0 Å². The Kier molecular flexibility index (Phi) is 3.49. The summed E-state index contributed by atoms with van der Waals surface area (Å²) in [6.07, 6.45) is -0.497. The van der Waals surface area contributed by atoms with Gasteiger partial charge in [0, 0.05) is 5.56 Å². The van der Waals surface area contributed by atoms with Gasteiger partial charge in [0.15, 0.2) is 6.10 Å². The first-order valence-corrected chi connectivity index (χ1v) is 5.65. The van der Waals surface area contributed by atoms with E-state index < -0.39 is 6.10 Å². The fourth-order valence-corrected chi connectivity index (χ4v) is 1.67. The van der Waals surface area contributed by atoms with E-state index in [0.717, 1.165) is 11.1 Å². The Morgan fingerprint density at radius 1 is 1.11 bits per heavy atom. The van der Waals surface area contributed by atoms with Crippen molar-refractivity contribution >= 4 is 0 Å². The molecular formula is C15H13NO2. The predicted molar refractivity (Wildman–Crippen MR) is 69.2 cm³/mol. The average Bonchev–Trinajstić information content (AvgIpc) is 2.40. The number of nitriles is 1. The Morgan fingerprint density at radius 3 is 2.44 bits per heavy atom. The van der Waals surface area contributed by atoms with Crippen molar-refractivity contribution in [2.24, 2.45) is 0 Å². The lowest BCUT2D eigenvalue weighted by Crippen LogP contribution is -2.08. The van der Waals surface area contributed by atoms with Gasteiger partial charge in [0.25, 0.3) is 0 Å². The van der Waals surface area contributed by atoms with E-state index in [9.17, 15) is 5.11 Å². The molecule has 1 N–H and O–H groups in total. The maximum absolute atomic E-state index is 9.28. The summed E-state index contributed by atoms with van der Waals surface area (Å²) in [6, 6.07) is 16.4. The molecule has 3 nitrogen and oxygen atoms in total. The van der Waals surface area contributed by atoms with Crippen LogP contribution in [0.1, 0.15) is 6.92 Å². The van der Waals surface area contributed by atoms with Crippen molar-refractivity contribution in [1.29, 1.82) is 5.26 Å². The van der Waals surface area contributed by atoms with Crippen molar-refractivity contribution in [2.45, 2.75) is 13.0 Å². The molecule has 0 aliphatic rings. The fraction of sp³-hybridized carbons (Fsp3) is 0.133. The lowest BCUT2D eigenvalue weighted by atomic mass is 10.0. The van der Waals surface area contributed by atoms with Gasteiger partial charge in [-0.3, -0.25) is 0 Å². The molecule has 0 saturated carbocycles. The number of phenols is 1. The number of para-hydroxylation sites is 1. The molecule has 0 aliphatic heterocycles. The molecule has 2 aromatic carbocycles. The van der Waals surface area contributed by atoms with Crippen LogP contribution in [0.3, 0.4) is 0 Å². The van der Waals surface area contributed by atoms with E-state index in [2.05, 4.69) is 0 Å². The summed E-state index contributed by atoms with van der Waals surface area (Å²) >= 11 is 0. The maximum atomic E-state index is 9.28. The number of benzene rings is 2. The summed E-state index contributed by atoms with van der Waals surface area (Å²) in [5.41, 5.74) is 1.84. The van der Waals surface area contributed by atoms with Crippen LogP contribution in [0.15, 0.2) is 48.5 Å². The van der Waals surface area contributed by atoms with Crippen LogP contribution < -0.4 is 4.74 Å². The molecule has 18 heavy (non-hydrogen) atoms. The van der Waals surface area contributed by atoms with E-state index in [4.69, 9.17) is 10.00 Å². The highest BCUT2D eigenvalue weighted by Gasteiger charge is 2.08. The van der Waals surface area contributed by atoms with E-state index in [1.165, 1.54) is 0 Å². The zero-order valence-corrected chi connectivity index (χ0v) is 10.00. The van der Waals surface area contributed by atoms with Crippen molar-refractivity contribution in [3.05, 3.63) is 48.5 Å². The molecule has 3 heteroatoms. The summed E-state index contributed by atoms with van der Waals surface area (Å²) in [5.74, 6) is 0.889. The number of aromatic hydroxyl groups is 1. The molecule has 0 fully saturated rings. The van der Waals surface area contributed by atoms with Gasteiger partial charge in [-0.1, -0.05) is 30.3 Å². The highest BCUT2D eigenvalue weighted by Crippen LogP contribution is 2.31. The lowest BCUT2D eigenvalue weighted by molar-refractivity contribution is 0.277. The van der Waals surface area contributed by atoms with Gasteiger partial charge in [-0.25, -0.2) is 0 Å². The summed E-state index contributed by atoms with van der Waals surface area (Å²) in [6.45, 7) is 1.70. The van der Waals surface area contributed by atoms with E-state index >= 15 is 0 Å². The summed E-state index contributed by atoms with van der Waals surface area (Å²) in [7, 11) is 0. The molecule has 0 saturated heterocycles. The van der Waals surface area contributed by atoms with Gasteiger partial charge < -0.3 is 9.84 Å². The average molecular weight is 239 g/mol. The minimum Gasteiger partial charge on any atom is -0.508 e. The van der Waals surface area contributed by atoms with Gasteiger partial charge in [-0.05, 0) is 30.7 Å². The van der Waals surface area contributed by atoms with Crippen molar-refractivity contribution in [3.63, 3.8) is 0 Å². The van der Waals surface area contributed by atoms with E-state index in [1.54, 1.807) is 19.1 Å². The van der Waals surface area contributed by atoms with Crippen molar-refractivity contribution in [2.75, 3.05) is 0 Å². The molecule has 0 bridgehead atoms. The molecule has 0 radical (unpaired) electrons. The molecule has 1 atom stereocenters. The maximum Gasteiger partial charge on any atom is 0.181 e. The molecule has 2 aromatic rings. The number of rotatable bonds is 3. The Labute approximate surface area is 106 Å². The second kappa shape index (κ2) is 5.24. The van der Waals surface area contributed by atoms with Gasteiger partial charge >= 0.3 is 0 Å². The molecule has 0 amide bonds. The van der Waals surface area contributed by atoms with Crippen molar-refractivity contribution in [3.8, 4) is 28.7 Å². The Bertz CT molecular complexity index is 570. The largest absolute Gasteiger partial charge is 0.508 e. The standard InChI is InChI=1S/C15H13NO2/c1-11(10-16)18-15-5-3-2-4-14(15)12-6-8-13(17)9-7-12/h2-9,11,17H,1H3/t11-/m0/s1. The van der Waals surface area contributed by atoms with Crippen molar-refractivity contribution < 1.29 is 9.84 Å². The van der Waals surface area contributed by atoms with Gasteiger partial charge in [-0.2, -0.15) is 5.26 Å². The second-order valence-electron chi connectivity index (χ2n) is 3.93. The van der Waals surface area contributed by atoms with Crippen LogP contribution in [0, 0.1) is 11.3 Å². The lowest BCUT2D eigenvalue weighted by Gasteiger charge is -2.12. The highest BCUT2D eigenvalue weighted by molar-refractivity contribution is 5.70. The molecule has 0 aliphatic carbocycles. The summed E-state index contributed by atoms with van der Waals surface area (Å²) in [4.78, 5) is 0. The SMILES string of the molecule is C[C@@H](C#N)Oc1ccccc1-c1ccc(O)cc1. The molecule has 0 aromatic heterocycles. The van der Waals surface area contributed by atoms with Crippen LogP contribution in [0.25, 0.3) is 11.1 Å². The monoisotopic (exact) mass is 239 g/mol. The normalized spacial score (nSPS) is 11.6. The third-order valence-corrected chi connectivity index (χ3v) is 2.55. The van der Waals surface area contributed by atoms with Gasteiger partial charge in [0.1, 0.15) is 17.6 Å². The second-order valence-corrected chi connectivity index (χ2v) is 3.93. The molecule has 2 rings (SSSR count). The van der Waals surface area contributed by atoms with Crippen LogP contribution in [0.2, 0.25) is 0 Å². The first-order valence-electron chi connectivity index (χ1n) is 5.65. The Hall–Kier alpha value is -2.47.